The summed E-state index contributed by atoms with van der Waals surface area (Å²) in [5.41, 5.74) is 1.06. The van der Waals surface area contributed by atoms with Gasteiger partial charge in [-0.15, -0.1) is 0 Å². The van der Waals surface area contributed by atoms with Gasteiger partial charge in [0.15, 0.2) is 0 Å². The summed E-state index contributed by atoms with van der Waals surface area (Å²) in [6, 6.07) is 4.70. The molecule has 14 heavy (non-hydrogen) atoms. The SMILES string of the molecule is CNc1ccc(/C=N/N)cc1[N+](=O)[O-]. The summed E-state index contributed by atoms with van der Waals surface area (Å²) >= 11 is 0. The molecule has 6 heteroatoms. The fourth-order valence-corrected chi connectivity index (χ4v) is 1.08. The van der Waals surface area contributed by atoms with E-state index in [-0.39, 0.29) is 5.69 Å². The van der Waals surface area contributed by atoms with Gasteiger partial charge < -0.3 is 11.2 Å². The summed E-state index contributed by atoms with van der Waals surface area (Å²) in [6.45, 7) is 0. The van der Waals surface area contributed by atoms with Crippen LogP contribution in [0.3, 0.4) is 0 Å². The van der Waals surface area contributed by atoms with Crippen LogP contribution in [0.15, 0.2) is 23.3 Å². The van der Waals surface area contributed by atoms with Crippen molar-refractivity contribution in [2.24, 2.45) is 10.9 Å². The normalized spacial score (nSPS) is 10.4. The Hall–Kier alpha value is -2.11. The van der Waals surface area contributed by atoms with E-state index in [0.717, 1.165) is 0 Å². The fourth-order valence-electron chi connectivity index (χ4n) is 1.08. The molecule has 0 amide bonds. The number of anilines is 1. The zero-order valence-corrected chi connectivity index (χ0v) is 7.60. The monoisotopic (exact) mass is 194 g/mol. The van der Waals surface area contributed by atoms with E-state index in [2.05, 4.69) is 10.4 Å². The summed E-state index contributed by atoms with van der Waals surface area (Å²) in [5.74, 6) is 4.94. The predicted octanol–water partition coefficient (Wildman–Crippen LogP) is 0.929. The molecule has 0 heterocycles. The van der Waals surface area contributed by atoms with Crippen molar-refractivity contribution in [3.8, 4) is 0 Å². The number of benzene rings is 1. The minimum absolute atomic E-state index is 0.00454. The van der Waals surface area contributed by atoms with Crippen molar-refractivity contribution >= 4 is 17.6 Å². The Morgan fingerprint density at radius 3 is 2.86 bits per heavy atom. The zero-order chi connectivity index (χ0) is 10.6. The van der Waals surface area contributed by atoms with Crippen LogP contribution >= 0.6 is 0 Å². The predicted molar refractivity (Wildman–Crippen MR) is 54.4 cm³/mol. The van der Waals surface area contributed by atoms with Crippen molar-refractivity contribution in [3.05, 3.63) is 33.9 Å². The van der Waals surface area contributed by atoms with Crippen molar-refractivity contribution in [2.75, 3.05) is 12.4 Å². The second-order valence-electron chi connectivity index (χ2n) is 2.56. The molecule has 74 valence electrons. The van der Waals surface area contributed by atoms with Crippen molar-refractivity contribution in [1.29, 1.82) is 0 Å². The quantitative estimate of drug-likeness (QED) is 0.324. The Morgan fingerprint density at radius 2 is 2.36 bits per heavy atom. The summed E-state index contributed by atoms with van der Waals surface area (Å²) in [7, 11) is 1.62. The zero-order valence-electron chi connectivity index (χ0n) is 7.60. The largest absolute Gasteiger partial charge is 0.383 e. The minimum Gasteiger partial charge on any atom is -0.383 e. The average Bonchev–Trinajstić information content (AvgIpc) is 2.18. The molecule has 0 radical (unpaired) electrons. The van der Waals surface area contributed by atoms with Gasteiger partial charge in [-0.2, -0.15) is 5.10 Å². The van der Waals surface area contributed by atoms with Gasteiger partial charge in [0.25, 0.3) is 5.69 Å². The van der Waals surface area contributed by atoms with E-state index >= 15 is 0 Å². The van der Waals surface area contributed by atoms with E-state index in [1.807, 2.05) is 0 Å². The van der Waals surface area contributed by atoms with Gasteiger partial charge in [0.05, 0.1) is 11.1 Å². The van der Waals surface area contributed by atoms with E-state index in [1.165, 1.54) is 12.3 Å². The molecular formula is C8H10N4O2. The summed E-state index contributed by atoms with van der Waals surface area (Å²) in [4.78, 5) is 10.2. The number of rotatable bonds is 3. The van der Waals surface area contributed by atoms with Crippen LogP contribution in [0.4, 0.5) is 11.4 Å². The third-order valence-corrected chi connectivity index (χ3v) is 1.71. The Morgan fingerprint density at radius 1 is 1.64 bits per heavy atom. The minimum atomic E-state index is -0.459. The Bertz CT molecular complexity index is 376. The van der Waals surface area contributed by atoms with Gasteiger partial charge in [-0.3, -0.25) is 10.1 Å². The maximum Gasteiger partial charge on any atom is 0.292 e. The molecule has 1 rings (SSSR count). The third-order valence-electron chi connectivity index (χ3n) is 1.71. The van der Waals surface area contributed by atoms with Crippen LogP contribution in [0.25, 0.3) is 0 Å². The molecule has 0 fully saturated rings. The van der Waals surface area contributed by atoms with Gasteiger partial charge in [-0.25, -0.2) is 0 Å². The van der Waals surface area contributed by atoms with E-state index in [4.69, 9.17) is 5.84 Å². The Balaban J connectivity index is 3.20. The summed E-state index contributed by atoms with van der Waals surface area (Å²) in [6.07, 6.45) is 1.35. The lowest BCUT2D eigenvalue weighted by atomic mass is 10.2. The van der Waals surface area contributed by atoms with Gasteiger partial charge in [-0.05, 0) is 6.07 Å². The molecule has 3 N–H and O–H groups in total. The first-order valence-corrected chi connectivity index (χ1v) is 3.88. The van der Waals surface area contributed by atoms with Crippen molar-refractivity contribution < 1.29 is 4.92 Å². The molecule has 0 saturated carbocycles. The number of hydrogen-bond donors (Lipinski definition) is 2. The van der Waals surface area contributed by atoms with Crippen LogP contribution in [0.5, 0.6) is 0 Å². The highest BCUT2D eigenvalue weighted by Gasteiger charge is 2.12. The Kier molecular flexibility index (Phi) is 3.01. The first kappa shape index (κ1) is 9.97. The molecule has 1 aromatic carbocycles. The number of nitrogens with one attached hydrogen (secondary N) is 1. The highest BCUT2D eigenvalue weighted by molar-refractivity contribution is 5.82. The maximum atomic E-state index is 10.6. The number of nitro groups is 1. The van der Waals surface area contributed by atoms with Gasteiger partial charge in [-0.1, -0.05) is 6.07 Å². The molecule has 1 aromatic rings. The molecular weight excluding hydrogens is 184 g/mol. The Labute approximate surface area is 80.6 Å². The lowest BCUT2D eigenvalue weighted by molar-refractivity contribution is -0.383. The summed E-state index contributed by atoms with van der Waals surface area (Å²) in [5, 5.41) is 16.6. The van der Waals surface area contributed by atoms with Crippen LogP contribution in [0, 0.1) is 10.1 Å². The van der Waals surface area contributed by atoms with Crippen LogP contribution < -0.4 is 11.2 Å². The first-order chi connectivity index (χ1) is 6.69. The number of nitro benzene ring substituents is 1. The molecule has 0 aliphatic rings. The topological polar surface area (TPSA) is 93.5 Å². The van der Waals surface area contributed by atoms with Gasteiger partial charge in [0.2, 0.25) is 0 Å². The lowest BCUT2D eigenvalue weighted by Crippen LogP contribution is -1.98. The van der Waals surface area contributed by atoms with Crippen LogP contribution in [-0.4, -0.2) is 18.2 Å². The van der Waals surface area contributed by atoms with Crippen molar-refractivity contribution in [2.45, 2.75) is 0 Å². The molecule has 6 nitrogen and oxygen atoms in total. The van der Waals surface area contributed by atoms with E-state index in [9.17, 15) is 10.1 Å². The number of nitrogens with zero attached hydrogens (tertiary/aromatic N) is 2. The molecule has 0 saturated heterocycles. The van der Waals surface area contributed by atoms with E-state index in [0.29, 0.717) is 11.3 Å². The lowest BCUT2D eigenvalue weighted by Gasteiger charge is -2.01. The maximum absolute atomic E-state index is 10.6. The van der Waals surface area contributed by atoms with Gasteiger partial charge in [0.1, 0.15) is 5.69 Å². The van der Waals surface area contributed by atoms with Crippen molar-refractivity contribution in [1.82, 2.24) is 0 Å². The van der Waals surface area contributed by atoms with Crippen LogP contribution in [-0.2, 0) is 0 Å². The molecule has 0 aromatic heterocycles. The smallest absolute Gasteiger partial charge is 0.292 e. The second kappa shape index (κ2) is 4.22. The highest BCUT2D eigenvalue weighted by Crippen LogP contribution is 2.24. The molecule has 0 aliphatic heterocycles. The molecule has 0 bridgehead atoms. The van der Waals surface area contributed by atoms with E-state index < -0.39 is 4.92 Å². The second-order valence-corrected chi connectivity index (χ2v) is 2.56. The third kappa shape index (κ3) is 1.98. The molecule has 0 atom stereocenters. The number of hydrogen-bond acceptors (Lipinski definition) is 5. The standard InChI is InChI=1S/C8H10N4O2/c1-10-7-3-2-6(5-11-9)4-8(7)12(13)14/h2-5,10H,9H2,1H3/b11-5+. The fraction of sp³-hybridized carbons (Fsp3) is 0.125. The molecule has 0 spiro atoms. The number of nitrogens with two attached hydrogens (primary N) is 1. The summed E-state index contributed by atoms with van der Waals surface area (Å²) < 4.78 is 0. The van der Waals surface area contributed by atoms with Gasteiger partial charge in [0, 0.05) is 18.7 Å². The van der Waals surface area contributed by atoms with Crippen LogP contribution in [0.1, 0.15) is 5.56 Å². The average molecular weight is 194 g/mol. The molecule has 0 unspecified atom stereocenters. The van der Waals surface area contributed by atoms with E-state index in [1.54, 1.807) is 19.2 Å². The van der Waals surface area contributed by atoms with Crippen molar-refractivity contribution in [3.63, 3.8) is 0 Å². The molecule has 0 aliphatic carbocycles. The van der Waals surface area contributed by atoms with Crippen LogP contribution in [0.2, 0.25) is 0 Å². The highest BCUT2D eigenvalue weighted by atomic mass is 16.6. The first-order valence-electron chi connectivity index (χ1n) is 3.88. The number of hydrazone groups is 1. The van der Waals surface area contributed by atoms with Gasteiger partial charge >= 0.3 is 0 Å².